The molecule has 0 bridgehead atoms. The molecule has 1 aliphatic rings. The van der Waals surface area contributed by atoms with Crippen molar-refractivity contribution in [2.24, 2.45) is 0 Å². The van der Waals surface area contributed by atoms with Gasteiger partial charge in [-0.2, -0.15) is 0 Å². The minimum atomic E-state index is 0.575. The van der Waals surface area contributed by atoms with E-state index in [1.807, 2.05) is 18.3 Å². The highest BCUT2D eigenvalue weighted by Crippen LogP contribution is 2.21. The normalized spacial score (nSPS) is 16.4. The number of piperidine rings is 1. The van der Waals surface area contributed by atoms with E-state index in [2.05, 4.69) is 61.8 Å². The maximum atomic E-state index is 4.51. The Labute approximate surface area is 152 Å². The van der Waals surface area contributed by atoms with Crippen molar-refractivity contribution >= 4 is 15.9 Å². The second kappa shape index (κ2) is 8.10. The predicted octanol–water partition coefficient (Wildman–Crippen LogP) is 3.97. The number of halogens is 1. The lowest BCUT2D eigenvalue weighted by Crippen LogP contribution is -2.42. The van der Waals surface area contributed by atoms with Gasteiger partial charge in [-0.1, -0.05) is 40.2 Å². The highest BCUT2D eigenvalue weighted by molar-refractivity contribution is 9.10. The van der Waals surface area contributed by atoms with Crippen LogP contribution in [0.15, 0.2) is 47.1 Å². The van der Waals surface area contributed by atoms with Crippen molar-refractivity contribution in [3.8, 4) is 11.3 Å². The molecule has 0 radical (unpaired) electrons. The van der Waals surface area contributed by atoms with Gasteiger partial charge < -0.3 is 10.3 Å². The van der Waals surface area contributed by atoms with Gasteiger partial charge in [-0.15, -0.1) is 0 Å². The molecular weight excluding hydrogens is 364 g/mol. The molecule has 2 aromatic rings. The van der Waals surface area contributed by atoms with Gasteiger partial charge in [0, 0.05) is 22.6 Å². The summed E-state index contributed by atoms with van der Waals surface area (Å²) in [6.45, 7) is 10.2. The molecule has 0 spiro atoms. The third kappa shape index (κ3) is 4.79. The van der Waals surface area contributed by atoms with Crippen LogP contribution in [-0.4, -0.2) is 40.5 Å². The van der Waals surface area contributed by atoms with E-state index >= 15 is 0 Å². The predicted molar refractivity (Wildman–Crippen MR) is 103 cm³/mol. The second-order valence-corrected chi connectivity index (χ2v) is 7.56. The average Bonchev–Trinajstić information content (AvgIpc) is 3.03. The molecule has 128 valence electrons. The van der Waals surface area contributed by atoms with E-state index in [4.69, 9.17) is 0 Å². The van der Waals surface area contributed by atoms with E-state index in [9.17, 15) is 0 Å². The molecule has 1 saturated heterocycles. The Morgan fingerprint density at radius 1 is 1.42 bits per heavy atom. The number of nitrogens with zero attached hydrogens (tertiary/aromatic N) is 2. The fraction of sp³-hybridized carbons (Fsp3) is 0.421. The van der Waals surface area contributed by atoms with Crippen LogP contribution in [0.25, 0.3) is 11.3 Å². The first-order valence-corrected chi connectivity index (χ1v) is 9.29. The molecule has 4 nitrogen and oxygen atoms in total. The van der Waals surface area contributed by atoms with Crippen molar-refractivity contribution in [2.75, 3.05) is 19.6 Å². The quantitative estimate of drug-likeness (QED) is 0.735. The summed E-state index contributed by atoms with van der Waals surface area (Å²) in [5, 5.41) is 3.64. The number of rotatable bonds is 6. The van der Waals surface area contributed by atoms with E-state index < -0.39 is 0 Å². The van der Waals surface area contributed by atoms with E-state index in [-0.39, 0.29) is 0 Å². The first kappa shape index (κ1) is 17.4. The highest BCUT2D eigenvalue weighted by atomic mass is 79.9. The zero-order valence-corrected chi connectivity index (χ0v) is 15.8. The van der Waals surface area contributed by atoms with Gasteiger partial charge in [0.1, 0.15) is 5.82 Å². The first-order chi connectivity index (χ1) is 11.6. The molecule has 0 amide bonds. The van der Waals surface area contributed by atoms with Gasteiger partial charge in [0.05, 0.1) is 18.4 Å². The van der Waals surface area contributed by atoms with Crippen LogP contribution in [0.1, 0.15) is 25.6 Å². The van der Waals surface area contributed by atoms with Crippen LogP contribution in [0, 0.1) is 0 Å². The third-order valence-electron chi connectivity index (χ3n) is 4.40. The Morgan fingerprint density at radius 2 is 2.21 bits per heavy atom. The summed E-state index contributed by atoms with van der Waals surface area (Å²) < 4.78 is 1.08. The molecule has 0 unspecified atom stereocenters. The maximum Gasteiger partial charge on any atom is 0.120 e. The highest BCUT2D eigenvalue weighted by Gasteiger charge is 2.18. The maximum absolute atomic E-state index is 4.51. The second-order valence-electron chi connectivity index (χ2n) is 6.64. The molecule has 0 atom stereocenters. The van der Waals surface area contributed by atoms with Crippen molar-refractivity contribution in [3.05, 3.63) is 52.9 Å². The zero-order chi connectivity index (χ0) is 16.9. The average molecular weight is 389 g/mol. The van der Waals surface area contributed by atoms with Crippen molar-refractivity contribution < 1.29 is 0 Å². The van der Waals surface area contributed by atoms with Gasteiger partial charge >= 0.3 is 0 Å². The van der Waals surface area contributed by atoms with Crippen LogP contribution < -0.4 is 5.32 Å². The number of hydrogen-bond donors (Lipinski definition) is 2. The number of hydrogen-bond acceptors (Lipinski definition) is 3. The molecule has 1 aliphatic heterocycles. The summed E-state index contributed by atoms with van der Waals surface area (Å²) in [6, 6.07) is 8.83. The summed E-state index contributed by atoms with van der Waals surface area (Å²) >= 11 is 3.51. The molecule has 24 heavy (non-hydrogen) atoms. The van der Waals surface area contributed by atoms with E-state index in [0.29, 0.717) is 6.04 Å². The standard InChI is InChI=1S/C19H25BrN4/c1-14(2)13-24-8-6-17(7-9-24)21-12-19-22-11-18(23-19)15-4-3-5-16(20)10-15/h3-5,10-11,17,21H,1,6-9,12-13H2,2H3,(H,22,23). The Hall–Kier alpha value is -1.43. The molecule has 1 fully saturated rings. The summed E-state index contributed by atoms with van der Waals surface area (Å²) in [7, 11) is 0. The van der Waals surface area contributed by atoms with Gasteiger partial charge in [0.25, 0.3) is 0 Å². The minimum Gasteiger partial charge on any atom is -0.341 e. The van der Waals surface area contributed by atoms with Crippen molar-refractivity contribution in [1.82, 2.24) is 20.2 Å². The molecule has 2 N–H and O–H groups in total. The van der Waals surface area contributed by atoms with Crippen LogP contribution in [0.2, 0.25) is 0 Å². The molecular formula is C19H25BrN4. The lowest BCUT2D eigenvalue weighted by Gasteiger charge is -2.32. The van der Waals surface area contributed by atoms with Crippen molar-refractivity contribution in [1.29, 1.82) is 0 Å². The molecule has 0 saturated carbocycles. The summed E-state index contributed by atoms with van der Waals surface area (Å²) in [4.78, 5) is 10.4. The molecule has 3 rings (SSSR count). The fourth-order valence-corrected chi connectivity index (χ4v) is 3.57. The Balaban J connectivity index is 1.49. The zero-order valence-electron chi connectivity index (χ0n) is 14.2. The minimum absolute atomic E-state index is 0.575. The first-order valence-electron chi connectivity index (χ1n) is 8.50. The van der Waals surface area contributed by atoms with Crippen molar-refractivity contribution in [2.45, 2.75) is 32.4 Å². The largest absolute Gasteiger partial charge is 0.341 e. The van der Waals surface area contributed by atoms with Crippen LogP contribution >= 0.6 is 15.9 Å². The van der Waals surface area contributed by atoms with Gasteiger partial charge in [-0.3, -0.25) is 4.90 Å². The molecule has 1 aromatic carbocycles. The third-order valence-corrected chi connectivity index (χ3v) is 4.90. The van der Waals surface area contributed by atoms with E-state index in [1.165, 1.54) is 18.4 Å². The number of nitrogens with one attached hydrogen (secondary N) is 2. The monoisotopic (exact) mass is 388 g/mol. The van der Waals surface area contributed by atoms with Gasteiger partial charge in [-0.05, 0) is 45.0 Å². The van der Waals surface area contributed by atoms with Gasteiger partial charge in [0.15, 0.2) is 0 Å². The Kier molecular flexibility index (Phi) is 5.87. The number of aromatic nitrogens is 2. The van der Waals surface area contributed by atoms with Crippen LogP contribution in [-0.2, 0) is 6.54 Å². The van der Waals surface area contributed by atoms with Gasteiger partial charge in [0.2, 0.25) is 0 Å². The molecule has 0 aliphatic carbocycles. The number of imidazole rings is 1. The number of H-pyrrole nitrogens is 1. The van der Waals surface area contributed by atoms with E-state index in [0.717, 1.165) is 47.7 Å². The molecule has 2 heterocycles. The van der Waals surface area contributed by atoms with Crippen LogP contribution in [0.3, 0.4) is 0 Å². The lowest BCUT2D eigenvalue weighted by molar-refractivity contribution is 0.210. The van der Waals surface area contributed by atoms with Crippen LogP contribution in [0.4, 0.5) is 0 Å². The van der Waals surface area contributed by atoms with E-state index in [1.54, 1.807) is 0 Å². The SMILES string of the molecule is C=C(C)CN1CCC(NCc2ncc(-c3cccc(Br)c3)[nH]2)CC1. The smallest absolute Gasteiger partial charge is 0.120 e. The summed E-state index contributed by atoms with van der Waals surface area (Å²) in [5.74, 6) is 0.995. The topological polar surface area (TPSA) is 44.0 Å². The van der Waals surface area contributed by atoms with Gasteiger partial charge in [-0.25, -0.2) is 4.98 Å². The summed E-state index contributed by atoms with van der Waals surface area (Å²) in [5.41, 5.74) is 3.46. The Bertz CT molecular complexity index is 686. The number of benzene rings is 1. The molecule has 5 heteroatoms. The molecule has 1 aromatic heterocycles. The number of likely N-dealkylation sites (tertiary alicyclic amines) is 1. The van der Waals surface area contributed by atoms with Crippen LogP contribution in [0.5, 0.6) is 0 Å². The lowest BCUT2D eigenvalue weighted by atomic mass is 10.0. The Morgan fingerprint density at radius 3 is 2.92 bits per heavy atom. The number of aromatic amines is 1. The van der Waals surface area contributed by atoms with Crippen molar-refractivity contribution in [3.63, 3.8) is 0 Å². The summed E-state index contributed by atoms with van der Waals surface area (Å²) in [6.07, 6.45) is 4.28. The fourth-order valence-electron chi connectivity index (χ4n) is 3.17.